The van der Waals surface area contributed by atoms with Crippen molar-refractivity contribution < 1.29 is 42.9 Å². The average Bonchev–Trinajstić information content (AvgIpc) is 3.70. The van der Waals surface area contributed by atoms with Crippen LogP contribution in [0.5, 0.6) is 0 Å². The number of nitrogens with two attached hydrogens (primary N) is 1. The number of carbonyl (C=O) groups is 5. The number of ketones is 1. The number of esters is 1. The SMILES string of the molecule is CC[C@H](C)[C@@H]([C@@H](CC(=O)N1CCC[C@H]1[C@H](OC)[C@@H](C)C(=O)N[C@@H](Cc1ccccc1)C(=O)OC)OC)N(C)C(=O)[C@@H](CC(=O)[C@H](C(C)C)N(C)CCOCCN)C(C)C. The maximum Gasteiger partial charge on any atom is 0.328 e. The third kappa shape index (κ3) is 14.9. The van der Waals surface area contributed by atoms with Gasteiger partial charge in [-0.25, -0.2) is 4.79 Å². The van der Waals surface area contributed by atoms with Gasteiger partial charge in [-0.15, -0.1) is 0 Å². The Kier molecular flexibility index (Phi) is 22.8. The molecule has 14 heteroatoms. The Bertz CT molecular complexity index is 1450. The maximum atomic E-state index is 14.5. The first kappa shape index (κ1) is 51.7. The summed E-state index contributed by atoms with van der Waals surface area (Å²) in [5, 5.41) is 2.87. The van der Waals surface area contributed by atoms with Crippen LogP contribution in [0.15, 0.2) is 30.3 Å². The molecule has 1 fully saturated rings. The summed E-state index contributed by atoms with van der Waals surface area (Å²) in [6, 6.07) is 7.26. The van der Waals surface area contributed by atoms with E-state index in [4.69, 9.17) is 24.7 Å². The summed E-state index contributed by atoms with van der Waals surface area (Å²) in [6.07, 6.45) is 1.17. The van der Waals surface area contributed by atoms with Gasteiger partial charge < -0.3 is 39.8 Å². The monoisotopic (exact) mass is 832 g/mol. The number of hydrogen-bond acceptors (Lipinski definition) is 11. The topological polar surface area (TPSA) is 170 Å². The number of likely N-dealkylation sites (tertiary alicyclic amines) is 1. The van der Waals surface area contributed by atoms with Crippen LogP contribution < -0.4 is 11.1 Å². The molecule has 0 spiro atoms. The molecule has 0 bridgehead atoms. The van der Waals surface area contributed by atoms with Gasteiger partial charge in [0, 0.05) is 59.7 Å². The Labute approximate surface area is 354 Å². The minimum absolute atomic E-state index is 0.00743. The highest BCUT2D eigenvalue weighted by atomic mass is 16.5. The molecule has 3 N–H and O–H groups in total. The van der Waals surface area contributed by atoms with Crippen molar-refractivity contribution in [1.82, 2.24) is 20.0 Å². The van der Waals surface area contributed by atoms with Crippen molar-refractivity contribution in [1.29, 1.82) is 0 Å². The van der Waals surface area contributed by atoms with E-state index in [1.165, 1.54) is 14.2 Å². The minimum Gasteiger partial charge on any atom is -0.467 e. The maximum absolute atomic E-state index is 14.5. The number of nitrogens with zero attached hydrogens (tertiary/aromatic N) is 3. The van der Waals surface area contributed by atoms with E-state index in [9.17, 15) is 24.0 Å². The number of methoxy groups -OCH3 is 3. The lowest BCUT2D eigenvalue weighted by atomic mass is 9.83. The van der Waals surface area contributed by atoms with E-state index in [1.807, 2.05) is 76.9 Å². The second-order valence-electron chi connectivity index (χ2n) is 17.0. The van der Waals surface area contributed by atoms with Crippen LogP contribution in [-0.4, -0.2) is 149 Å². The normalized spacial score (nSPS) is 18.5. The van der Waals surface area contributed by atoms with Gasteiger partial charge in [-0.05, 0) is 43.2 Å². The van der Waals surface area contributed by atoms with E-state index in [-0.39, 0.29) is 66.6 Å². The standard InChI is InChI=1S/C45H77N5O9/c1-13-31(6)41(49(9)44(54)34(29(2)3)27-37(51)40(30(4)5)48(8)23-25-59-24-21-46)38(56-10)28-39(52)50-22-17-20-36(50)42(57-11)32(7)43(53)47-35(45(55)58-12)26-33-18-15-14-16-19-33/h14-16,18-19,29-32,34-36,38,40-42H,13,17,20-28,46H2,1-12H3,(H,47,53)/t31-,32+,34-,35-,36-,38+,40-,41-,42+/m0/s1. The molecule has 59 heavy (non-hydrogen) atoms. The number of Topliss-reactive ketones (excluding diaryl/α,β-unsaturated/α-hetero) is 1. The zero-order chi connectivity index (χ0) is 44.4. The fraction of sp³-hybridized carbons (Fsp3) is 0.756. The van der Waals surface area contributed by atoms with Crippen molar-refractivity contribution in [3.8, 4) is 0 Å². The van der Waals surface area contributed by atoms with Gasteiger partial charge in [-0.3, -0.25) is 24.1 Å². The first-order valence-electron chi connectivity index (χ1n) is 21.5. The van der Waals surface area contributed by atoms with E-state index >= 15 is 0 Å². The van der Waals surface area contributed by atoms with Gasteiger partial charge in [-0.1, -0.05) is 85.2 Å². The number of benzene rings is 1. The van der Waals surface area contributed by atoms with Crippen LogP contribution in [0.25, 0.3) is 0 Å². The molecule has 2 rings (SSSR count). The molecular formula is C45H77N5O9. The summed E-state index contributed by atoms with van der Waals surface area (Å²) in [6.45, 7) is 16.2. The average molecular weight is 832 g/mol. The summed E-state index contributed by atoms with van der Waals surface area (Å²) < 4.78 is 22.6. The molecule has 336 valence electrons. The van der Waals surface area contributed by atoms with E-state index in [0.717, 1.165) is 18.4 Å². The summed E-state index contributed by atoms with van der Waals surface area (Å²) >= 11 is 0. The predicted molar refractivity (Wildman–Crippen MR) is 229 cm³/mol. The highest BCUT2D eigenvalue weighted by Gasteiger charge is 2.43. The quantitative estimate of drug-likeness (QED) is 0.0972. The van der Waals surface area contributed by atoms with Crippen LogP contribution >= 0.6 is 0 Å². The van der Waals surface area contributed by atoms with Gasteiger partial charge in [0.1, 0.15) is 6.04 Å². The fourth-order valence-corrected chi connectivity index (χ4v) is 8.66. The molecular weight excluding hydrogens is 755 g/mol. The number of rotatable bonds is 27. The van der Waals surface area contributed by atoms with Gasteiger partial charge in [-0.2, -0.15) is 0 Å². The molecule has 14 nitrogen and oxygen atoms in total. The van der Waals surface area contributed by atoms with Gasteiger partial charge in [0.25, 0.3) is 0 Å². The van der Waals surface area contributed by atoms with E-state index < -0.39 is 48.1 Å². The second kappa shape index (κ2) is 26.0. The van der Waals surface area contributed by atoms with Crippen molar-refractivity contribution in [2.45, 2.75) is 123 Å². The van der Waals surface area contributed by atoms with Gasteiger partial charge in [0.15, 0.2) is 5.78 Å². The Hall–Kier alpha value is -3.43. The van der Waals surface area contributed by atoms with Crippen molar-refractivity contribution in [3.05, 3.63) is 35.9 Å². The zero-order valence-corrected chi connectivity index (χ0v) is 38.1. The number of carbonyl (C=O) groups excluding carboxylic acids is 5. The van der Waals surface area contributed by atoms with Crippen molar-refractivity contribution in [2.24, 2.45) is 35.3 Å². The Morgan fingerprint density at radius 1 is 0.915 bits per heavy atom. The summed E-state index contributed by atoms with van der Waals surface area (Å²) in [5.41, 5.74) is 6.44. The molecule has 1 aliphatic rings. The Morgan fingerprint density at radius 2 is 1.58 bits per heavy atom. The third-order valence-electron chi connectivity index (χ3n) is 12.2. The molecule has 0 aliphatic carbocycles. The molecule has 0 saturated carbocycles. The highest BCUT2D eigenvalue weighted by Crippen LogP contribution is 2.31. The first-order chi connectivity index (χ1) is 28.0. The van der Waals surface area contributed by atoms with Crippen molar-refractivity contribution in [3.63, 3.8) is 0 Å². The zero-order valence-electron chi connectivity index (χ0n) is 38.1. The summed E-state index contributed by atoms with van der Waals surface area (Å²) in [7, 11) is 8.06. The number of ether oxygens (including phenoxy) is 4. The van der Waals surface area contributed by atoms with Crippen LogP contribution in [0.4, 0.5) is 0 Å². The van der Waals surface area contributed by atoms with Gasteiger partial charge in [0.2, 0.25) is 17.7 Å². The number of likely N-dealkylation sites (N-methyl/N-ethyl adjacent to an activating group) is 2. The lowest BCUT2D eigenvalue weighted by Gasteiger charge is -2.41. The van der Waals surface area contributed by atoms with Gasteiger partial charge >= 0.3 is 5.97 Å². The van der Waals surface area contributed by atoms with E-state index in [0.29, 0.717) is 39.3 Å². The van der Waals surface area contributed by atoms with E-state index in [1.54, 1.807) is 30.9 Å². The largest absolute Gasteiger partial charge is 0.467 e. The third-order valence-corrected chi connectivity index (χ3v) is 12.2. The number of amides is 3. The number of nitrogens with one attached hydrogen (secondary N) is 1. The molecule has 1 aliphatic heterocycles. The summed E-state index contributed by atoms with van der Waals surface area (Å²) in [4.78, 5) is 74.7. The Morgan fingerprint density at radius 3 is 2.12 bits per heavy atom. The lowest BCUT2D eigenvalue weighted by molar-refractivity contribution is -0.150. The van der Waals surface area contributed by atoms with Crippen LogP contribution in [0, 0.1) is 29.6 Å². The number of hydrogen-bond donors (Lipinski definition) is 2. The smallest absolute Gasteiger partial charge is 0.328 e. The fourth-order valence-electron chi connectivity index (χ4n) is 8.66. The molecule has 0 radical (unpaired) electrons. The molecule has 3 amide bonds. The molecule has 0 aromatic heterocycles. The molecule has 1 aromatic carbocycles. The summed E-state index contributed by atoms with van der Waals surface area (Å²) in [5.74, 6) is -2.62. The van der Waals surface area contributed by atoms with Crippen LogP contribution in [0.2, 0.25) is 0 Å². The van der Waals surface area contributed by atoms with E-state index in [2.05, 4.69) is 12.2 Å². The first-order valence-corrected chi connectivity index (χ1v) is 21.5. The Balaban J connectivity index is 2.27. The van der Waals surface area contributed by atoms with Crippen LogP contribution in [0.1, 0.15) is 86.1 Å². The van der Waals surface area contributed by atoms with Crippen LogP contribution in [0.3, 0.4) is 0 Å². The molecule has 1 heterocycles. The van der Waals surface area contributed by atoms with Crippen molar-refractivity contribution in [2.75, 3.05) is 68.3 Å². The highest BCUT2D eigenvalue weighted by molar-refractivity contribution is 5.90. The molecule has 9 atom stereocenters. The molecule has 0 unspecified atom stereocenters. The predicted octanol–water partition coefficient (Wildman–Crippen LogP) is 3.97. The molecule has 1 aromatic rings. The van der Waals surface area contributed by atoms with Crippen molar-refractivity contribution >= 4 is 29.5 Å². The van der Waals surface area contributed by atoms with Gasteiger partial charge in [0.05, 0.1) is 63.0 Å². The second-order valence-corrected chi connectivity index (χ2v) is 17.0. The molecule has 1 saturated heterocycles. The lowest BCUT2D eigenvalue weighted by Crippen LogP contribution is -2.55. The van der Waals surface area contributed by atoms with Crippen LogP contribution in [-0.2, 0) is 49.3 Å². The minimum atomic E-state index is -0.895.